The Labute approximate surface area is 143 Å². The molecule has 0 radical (unpaired) electrons. The van der Waals surface area contributed by atoms with Gasteiger partial charge in [0.25, 0.3) is 0 Å². The SMILES string of the molecule is O/N=C(\c1ccccc1Cl)C1(c2cccnc2)SCCCS1. The summed E-state index contributed by atoms with van der Waals surface area (Å²) < 4.78 is -0.480. The topological polar surface area (TPSA) is 45.5 Å². The van der Waals surface area contributed by atoms with Gasteiger partial charge in [-0.2, -0.15) is 0 Å². The van der Waals surface area contributed by atoms with Gasteiger partial charge in [0.2, 0.25) is 0 Å². The summed E-state index contributed by atoms with van der Waals surface area (Å²) in [5.41, 5.74) is 2.37. The van der Waals surface area contributed by atoms with Crippen LogP contribution in [0.5, 0.6) is 0 Å². The molecular weight excluding hydrogens is 336 g/mol. The molecule has 1 aliphatic heterocycles. The molecular formula is C16H15ClN2OS2. The van der Waals surface area contributed by atoms with Crippen LogP contribution in [-0.2, 0) is 4.08 Å². The highest BCUT2D eigenvalue weighted by Gasteiger charge is 2.43. The second-order valence-electron chi connectivity index (χ2n) is 4.84. The quantitative estimate of drug-likeness (QED) is 0.497. The van der Waals surface area contributed by atoms with E-state index in [0.717, 1.165) is 29.1 Å². The van der Waals surface area contributed by atoms with Crippen LogP contribution in [0.2, 0.25) is 5.02 Å². The Bertz CT molecular complexity index is 673. The third kappa shape index (κ3) is 2.85. The summed E-state index contributed by atoms with van der Waals surface area (Å²) in [6, 6.07) is 11.4. The fourth-order valence-corrected chi connectivity index (χ4v) is 6.02. The van der Waals surface area contributed by atoms with Gasteiger partial charge in [0.05, 0.1) is 0 Å². The lowest BCUT2D eigenvalue weighted by molar-refractivity contribution is 0.318. The Morgan fingerprint density at radius 2 is 1.95 bits per heavy atom. The molecule has 1 aromatic heterocycles. The molecule has 22 heavy (non-hydrogen) atoms. The molecule has 0 spiro atoms. The van der Waals surface area contributed by atoms with Gasteiger partial charge < -0.3 is 5.21 Å². The molecule has 6 heteroatoms. The highest BCUT2D eigenvalue weighted by atomic mass is 35.5. The molecule has 2 aromatic rings. The number of oxime groups is 1. The first-order valence-electron chi connectivity index (χ1n) is 6.94. The number of pyridine rings is 1. The van der Waals surface area contributed by atoms with E-state index in [9.17, 15) is 5.21 Å². The van der Waals surface area contributed by atoms with Crippen LogP contribution in [0.1, 0.15) is 17.5 Å². The molecule has 1 saturated heterocycles. The zero-order valence-electron chi connectivity index (χ0n) is 11.8. The van der Waals surface area contributed by atoms with Crippen molar-refractivity contribution in [2.45, 2.75) is 10.5 Å². The van der Waals surface area contributed by atoms with Gasteiger partial charge in [0, 0.05) is 28.5 Å². The van der Waals surface area contributed by atoms with E-state index in [1.54, 1.807) is 29.7 Å². The lowest BCUT2D eigenvalue weighted by Gasteiger charge is -2.36. The van der Waals surface area contributed by atoms with Crippen molar-refractivity contribution in [2.75, 3.05) is 11.5 Å². The first kappa shape index (κ1) is 15.7. The van der Waals surface area contributed by atoms with Crippen molar-refractivity contribution >= 4 is 40.8 Å². The second kappa shape index (κ2) is 6.94. The third-order valence-corrected chi connectivity index (χ3v) is 7.18. The van der Waals surface area contributed by atoms with Gasteiger partial charge in [-0.1, -0.05) is 41.0 Å². The van der Waals surface area contributed by atoms with E-state index in [-0.39, 0.29) is 0 Å². The summed E-state index contributed by atoms with van der Waals surface area (Å²) in [7, 11) is 0. The van der Waals surface area contributed by atoms with E-state index in [1.807, 2.05) is 42.6 Å². The van der Waals surface area contributed by atoms with Gasteiger partial charge in [-0.05, 0) is 30.1 Å². The van der Waals surface area contributed by atoms with Gasteiger partial charge >= 0.3 is 0 Å². The second-order valence-corrected chi connectivity index (χ2v) is 8.12. The van der Waals surface area contributed by atoms with Gasteiger partial charge in [0.15, 0.2) is 0 Å². The van der Waals surface area contributed by atoms with Crippen LogP contribution in [-0.4, -0.2) is 27.4 Å². The standard InChI is InChI=1S/C16H15ClN2OS2/c17-14-7-2-1-6-13(14)15(19-20)16(21-9-4-10-22-16)12-5-3-8-18-11-12/h1-3,5-8,11,20H,4,9-10H2/b19-15+. The molecule has 1 N–H and O–H groups in total. The molecule has 114 valence electrons. The number of rotatable bonds is 3. The molecule has 2 heterocycles. The lowest BCUT2D eigenvalue weighted by atomic mass is 10.0. The maximum atomic E-state index is 9.76. The summed E-state index contributed by atoms with van der Waals surface area (Å²) in [5.74, 6) is 2.01. The Morgan fingerprint density at radius 1 is 1.18 bits per heavy atom. The Hall–Kier alpha value is -1.17. The minimum Gasteiger partial charge on any atom is -0.411 e. The fraction of sp³-hybridized carbons (Fsp3) is 0.250. The van der Waals surface area contributed by atoms with E-state index in [2.05, 4.69) is 10.1 Å². The summed E-state index contributed by atoms with van der Waals surface area (Å²) >= 11 is 9.89. The largest absolute Gasteiger partial charge is 0.411 e. The Balaban J connectivity index is 2.15. The molecule has 3 rings (SSSR count). The van der Waals surface area contributed by atoms with Crippen molar-refractivity contribution in [3.8, 4) is 0 Å². The Morgan fingerprint density at radius 3 is 2.59 bits per heavy atom. The van der Waals surface area contributed by atoms with E-state index in [1.165, 1.54) is 0 Å². The maximum Gasteiger partial charge on any atom is 0.134 e. The number of thioether (sulfide) groups is 2. The van der Waals surface area contributed by atoms with E-state index in [4.69, 9.17) is 11.6 Å². The number of nitrogens with zero attached hydrogens (tertiary/aromatic N) is 2. The molecule has 0 unspecified atom stereocenters. The summed E-state index contributed by atoms with van der Waals surface area (Å²) in [6.45, 7) is 0. The van der Waals surface area contributed by atoms with Crippen LogP contribution < -0.4 is 0 Å². The zero-order valence-corrected chi connectivity index (χ0v) is 14.2. The smallest absolute Gasteiger partial charge is 0.134 e. The number of benzene rings is 1. The number of halogens is 1. The first-order valence-corrected chi connectivity index (χ1v) is 9.29. The molecule has 1 fully saturated rings. The normalized spacial score (nSPS) is 18.1. The van der Waals surface area contributed by atoms with E-state index < -0.39 is 4.08 Å². The van der Waals surface area contributed by atoms with Gasteiger partial charge in [-0.3, -0.25) is 4.98 Å². The summed E-state index contributed by atoms with van der Waals surface area (Å²) in [5, 5.41) is 14.0. The monoisotopic (exact) mass is 350 g/mol. The average molecular weight is 351 g/mol. The average Bonchev–Trinajstić information content (AvgIpc) is 2.59. The molecule has 0 atom stereocenters. The van der Waals surface area contributed by atoms with E-state index in [0.29, 0.717) is 10.7 Å². The van der Waals surface area contributed by atoms with Crippen LogP contribution in [0.15, 0.2) is 53.9 Å². The van der Waals surface area contributed by atoms with Crippen LogP contribution in [0.4, 0.5) is 0 Å². The van der Waals surface area contributed by atoms with Gasteiger partial charge in [-0.15, -0.1) is 23.5 Å². The van der Waals surface area contributed by atoms with Crippen molar-refractivity contribution < 1.29 is 5.21 Å². The third-order valence-electron chi connectivity index (χ3n) is 3.48. The van der Waals surface area contributed by atoms with Gasteiger partial charge in [0.1, 0.15) is 9.79 Å². The van der Waals surface area contributed by atoms with E-state index >= 15 is 0 Å². The molecule has 3 nitrogen and oxygen atoms in total. The zero-order chi connectivity index (χ0) is 15.4. The molecule has 0 bridgehead atoms. The fourth-order valence-electron chi connectivity index (χ4n) is 2.48. The number of hydrogen-bond acceptors (Lipinski definition) is 5. The van der Waals surface area contributed by atoms with Gasteiger partial charge in [-0.25, -0.2) is 0 Å². The minimum absolute atomic E-state index is 0.480. The molecule has 1 aliphatic rings. The Kier molecular flexibility index (Phi) is 4.96. The molecule has 0 amide bonds. The number of aromatic nitrogens is 1. The number of hydrogen-bond donors (Lipinski definition) is 1. The minimum atomic E-state index is -0.480. The maximum absolute atomic E-state index is 9.76. The van der Waals surface area contributed by atoms with Crippen molar-refractivity contribution in [3.63, 3.8) is 0 Å². The predicted molar refractivity (Wildman–Crippen MR) is 95.2 cm³/mol. The summed E-state index contributed by atoms with van der Waals surface area (Å²) in [4.78, 5) is 4.24. The van der Waals surface area contributed by atoms with Crippen LogP contribution in [0.25, 0.3) is 0 Å². The molecule has 1 aromatic carbocycles. The van der Waals surface area contributed by atoms with Crippen LogP contribution >= 0.6 is 35.1 Å². The lowest BCUT2D eigenvalue weighted by Crippen LogP contribution is -2.33. The van der Waals surface area contributed by atoms with Crippen molar-refractivity contribution in [2.24, 2.45) is 5.16 Å². The highest BCUT2D eigenvalue weighted by Crippen LogP contribution is 2.52. The van der Waals surface area contributed by atoms with Crippen LogP contribution in [0.3, 0.4) is 0 Å². The van der Waals surface area contributed by atoms with Crippen molar-refractivity contribution in [3.05, 3.63) is 64.9 Å². The molecule has 0 aliphatic carbocycles. The molecule has 0 saturated carbocycles. The predicted octanol–water partition coefficient (Wildman–Crippen LogP) is 4.64. The highest BCUT2D eigenvalue weighted by molar-refractivity contribution is 8.19. The summed E-state index contributed by atoms with van der Waals surface area (Å²) in [6.07, 6.45) is 4.73. The first-order chi connectivity index (χ1) is 10.8. The van der Waals surface area contributed by atoms with Crippen molar-refractivity contribution in [1.29, 1.82) is 0 Å². The van der Waals surface area contributed by atoms with Crippen LogP contribution in [0, 0.1) is 0 Å². The van der Waals surface area contributed by atoms with Crippen molar-refractivity contribution in [1.82, 2.24) is 4.98 Å².